The molecule has 0 aliphatic rings. The fourth-order valence-corrected chi connectivity index (χ4v) is 1.73. The van der Waals surface area contributed by atoms with Gasteiger partial charge in [-0.25, -0.2) is 26.3 Å². The van der Waals surface area contributed by atoms with Crippen LogP contribution in [0, 0.1) is 17.5 Å². The summed E-state index contributed by atoms with van der Waals surface area (Å²) in [5.74, 6) is -4.45. The van der Waals surface area contributed by atoms with Gasteiger partial charge in [-0.05, 0) is 13.1 Å². The molecule has 3 nitrogen and oxygen atoms in total. The molecule has 1 rings (SSSR count). The van der Waals surface area contributed by atoms with Crippen LogP contribution in [0.15, 0.2) is 12.1 Å². The first-order valence-corrected chi connectivity index (χ1v) is 5.55. The molecule has 0 aliphatic heterocycles. The first-order chi connectivity index (χ1) is 6.85. The fourth-order valence-electron chi connectivity index (χ4n) is 0.951. The molecule has 1 N–H and O–H groups in total. The predicted octanol–water partition coefficient (Wildman–Crippen LogP) is 1.15. The van der Waals surface area contributed by atoms with E-state index in [1.807, 2.05) is 4.72 Å². The lowest BCUT2D eigenvalue weighted by Crippen LogP contribution is -2.21. The van der Waals surface area contributed by atoms with Gasteiger partial charge in [-0.15, -0.1) is 0 Å². The van der Waals surface area contributed by atoms with Gasteiger partial charge in [0, 0.05) is 11.6 Å². The Morgan fingerprint density at radius 1 is 1.13 bits per heavy atom. The normalized spacial score (nSPS) is 11.7. The van der Waals surface area contributed by atoms with Gasteiger partial charge in [-0.1, -0.05) is 0 Å². The molecule has 7 heteroatoms. The Kier molecular flexibility index (Phi) is 3.35. The lowest BCUT2D eigenvalue weighted by atomic mass is 10.2. The van der Waals surface area contributed by atoms with Crippen LogP contribution in [0.1, 0.15) is 5.56 Å². The van der Waals surface area contributed by atoms with E-state index in [9.17, 15) is 21.6 Å². The molecule has 0 heterocycles. The fraction of sp³-hybridized carbons (Fsp3) is 0.250. The standard InChI is InChI=1S/C8H8F3NO2S/c1-12-15(13,14)4-5-2-7(10)8(11)3-6(5)9/h2-3,12H,4H2,1H3. The topological polar surface area (TPSA) is 46.2 Å². The van der Waals surface area contributed by atoms with E-state index in [0.29, 0.717) is 12.1 Å². The van der Waals surface area contributed by atoms with Crippen LogP contribution in [-0.4, -0.2) is 15.5 Å². The van der Waals surface area contributed by atoms with E-state index in [4.69, 9.17) is 0 Å². The first kappa shape index (κ1) is 12.0. The largest absolute Gasteiger partial charge is 0.218 e. The Morgan fingerprint density at radius 2 is 1.67 bits per heavy atom. The van der Waals surface area contributed by atoms with Crippen molar-refractivity contribution < 1.29 is 21.6 Å². The summed E-state index contributed by atoms with van der Waals surface area (Å²) in [6, 6.07) is 0.843. The van der Waals surface area contributed by atoms with Crippen LogP contribution >= 0.6 is 0 Å². The molecule has 1 aromatic rings. The van der Waals surface area contributed by atoms with Gasteiger partial charge in [0.1, 0.15) is 5.82 Å². The Balaban J connectivity index is 3.12. The maximum absolute atomic E-state index is 13.0. The van der Waals surface area contributed by atoms with E-state index in [0.717, 1.165) is 7.05 Å². The molecule has 0 amide bonds. The Morgan fingerprint density at radius 3 is 2.20 bits per heavy atom. The molecule has 0 aliphatic carbocycles. The third-order valence-corrected chi connectivity index (χ3v) is 3.06. The van der Waals surface area contributed by atoms with Gasteiger partial charge in [0.2, 0.25) is 10.0 Å². The quantitative estimate of drug-likeness (QED) is 0.804. The maximum Gasteiger partial charge on any atom is 0.215 e. The molecule has 0 fully saturated rings. The van der Waals surface area contributed by atoms with Crippen LogP contribution in [0.25, 0.3) is 0 Å². The Hall–Kier alpha value is -1.08. The van der Waals surface area contributed by atoms with Gasteiger partial charge in [0.25, 0.3) is 0 Å². The molecule has 0 bridgehead atoms. The molecule has 0 aromatic heterocycles. The van der Waals surface area contributed by atoms with Crippen LogP contribution in [-0.2, 0) is 15.8 Å². The highest BCUT2D eigenvalue weighted by Gasteiger charge is 2.15. The van der Waals surface area contributed by atoms with E-state index >= 15 is 0 Å². The molecule has 84 valence electrons. The minimum atomic E-state index is -3.70. The van der Waals surface area contributed by atoms with E-state index in [-0.39, 0.29) is 0 Å². The lowest BCUT2D eigenvalue weighted by molar-refractivity contribution is 0.491. The number of rotatable bonds is 3. The summed E-state index contributed by atoms with van der Waals surface area (Å²) in [4.78, 5) is 0. The zero-order chi connectivity index (χ0) is 11.6. The van der Waals surface area contributed by atoms with Crippen molar-refractivity contribution in [1.29, 1.82) is 0 Å². The van der Waals surface area contributed by atoms with Gasteiger partial charge < -0.3 is 0 Å². The second-order valence-electron chi connectivity index (χ2n) is 2.82. The van der Waals surface area contributed by atoms with Crippen molar-refractivity contribution in [3.63, 3.8) is 0 Å². The summed E-state index contributed by atoms with van der Waals surface area (Å²) in [5, 5.41) is 0. The van der Waals surface area contributed by atoms with E-state index in [1.54, 1.807) is 0 Å². The van der Waals surface area contributed by atoms with Crippen molar-refractivity contribution in [3.8, 4) is 0 Å². The van der Waals surface area contributed by atoms with Crippen molar-refractivity contribution in [2.45, 2.75) is 5.75 Å². The minimum Gasteiger partial charge on any atom is -0.218 e. The number of nitrogens with one attached hydrogen (secondary N) is 1. The molecule has 0 unspecified atom stereocenters. The number of sulfonamides is 1. The van der Waals surface area contributed by atoms with Crippen molar-refractivity contribution in [1.82, 2.24) is 4.72 Å². The lowest BCUT2D eigenvalue weighted by Gasteiger charge is -2.04. The van der Waals surface area contributed by atoms with E-state index < -0.39 is 38.8 Å². The molecule has 0 atom stereocenters. The van der Waals surface area contributed by atoms with Crippen molar-refractivity contribution in [2.24, 2.45) is 0 Å². The minimum absolute atomic E-state index is 0.315. The summed E-state index contributed by atoms with van der Waals surface area (Å²) in [7, 11) is -2.56. The summed E-state index contributed by atoms with van der Waals surface area (Å²) < 4.78 is 62.2. The number of hydrogen-bond acceptors (Lipinski definition) is 2. The Labute approximate surface area is 85.0 Å². The molecule has 1 aromatic carbocycles. The molecule has 0 saturated heterocycles. The van der Waals surface area contributed by atoms with Crippen LogP contribution in [0.5, 0.6) is 0 Å². The van der Waals surface area contributed by atoms with Gasteiger partial charge in [-0.3, -0.25) is 0 Å². The van der Waals surface area contributed by atoms with Crippen molar-refractivity contribution in [3.05, 3.63) is 35.1 Å². The van der Waals surface area contributed by atoms with E-state index in [2.05, 4.69) is 0 Å². The molecular weight excluding hydrogens is 231 g/mol. The van der Waals surface area contributed by atoms with Crippen molar-refractivity contribution >= 4 is 10.0 Å². The second kappa shape index (κ2) is 4.19. The van der Waals surface area contributed by atoms with Gasteiger partial charge in [-0.2, -0.15) is 0 Å². The summed E-state index contributed by atoms with van der Waals surface area (Å²) in [6.45, 7) is 0. The van der Waals surface area contributed by atoms with E-state index in [1.165, 1.54) is 0 Å². The number of benzene rings is 1. The highest BCUT2D eigenvalue weighted by molar-refractivity contribution is 7.88. The molecule has 0 radical (unpaired) electrons. The molecule has 0 saturated carbocycles. The average Bonchev–Trinajstić information content (AvgIpc) is 2.14. The summed E-state index contributed by atoms with van der Waals surface area (Å²) in [6.07, 6.45) is 0. The third-order valence-electron chi connectivity index (χ3n) is 1.75. The van der Waals surface area contributed by atoms with Crippen LogP contribution in [0.3, 0.4) is 0 Å². The highest BCUT2D eigenvalue weighted by Crippen LogP contribution is 2.15. The number of halogens is 3. The highest BCUT2D eigenvalue weighted by atomic mass is 32.2. The zero-order valence-corrected chi connectivity index (χ0v) is 8.54. The van der Waals surface area contributed by atoms with Crippen molar-refractivity contribution in [2.75, 3.05) is 7.05 Å². The van der Waals surface area contributed by atoms with Crippen LogP contribution in [0.2, 0.25) is 0 Å². The SMILES string of the molecule is CNS(=O)(=O)Cc1cc(F)c(F)cc1F. The van der Waals surface area contributed by atoms with Gasteiger partial charge in [0.15, 0.2) is 11.6 Å². The zero-order valence-electron chi connectivity index (χ0n) is 7.72. The maximum atomic E-state index is 13.0. The Bertz CT molecular complexity index is 473. The van der Waals surface area contributed by atoms with Gasteiger partial charge in [0.05, 0.1) is 5.75 Å². The third kappa shape index (κ3) is 2.93. The second-order valence-corrected chi connectivity index (χ2v) is 4.75. The van der Waals surface area contributed by atoms with Gasteiger partial charge >= 0.3 is 0 Å². The molecule has 15 heavy (non-hydrogen) atoms. The summed E-state index contributed by atoms with van der Waals surface area (Å²) >= 11 is 0. The molecular formula is C8H8F3NO2S. The van der Waals surface area contributed by atoms with Crippen LogP contribution in [0.4, 0.5) is 13.2 Å². The first-order valence-electron chi connectivity index (χ1n) is 3.90. The molecule has 0 spiro atoms. The monoisotopic (exact) mass is 239 g/mol. The summed E-state index contributed by atoms with van der Waals surface area (Å²) in [5.41, 5.74) is -0.414. The smallest absolute Gasteiger partial charge is 0.215 e. The number of hydrogen-bond donors (Lipinski definition) is 1. The average molecular weight is 239 g/mol. The predicted molar refractivity (Wildman–Crippen MR) is 48.0 cm³/mol. The van der Waals surface area contributed by atoms with Crippen LogP contribution < -0.4 is 4.72 Å².